The number of aromatic hydroxyl groups is 1. The molecule has 16 heavy (non-hydrogen) atoms. The van der Waals surface area contributed by atoms with Crippen LogP contribution in [0.2, 0.25) is 0 Å². The number of nitrogens with zero attached hydrogens (tertiary/aromatic N) is 1. The van der Waals surface area contributed by atoms with E-state index in [-0.39, 0.29) is 6.04 Å². The van der Waals surface area contributed by atoms with Gasteiger partial charge in [-0.3, -0.25) is 0 Å². The SMILES string of the molecule is CC(N)c1cc2c(O)cccc2n1C(C)C. The third-order valence-electron chi connectivity index (χ3n) is 2.87. The van der Waals surface area contributed by atoms with Crippen molar-refractivity contribution in [3.8, 4) is 5.75 Å². The molecule has 0 aliphatic rings. The lowest BCUT2D eigenvalue weighted by atomic mass is 10.2. The van der Waals surface area contributed by atoms with E-state index in [2.05, 4.69) is 18.4 Å². The standard InChI is InChI=1S/C13H18N2O/c1-8(2)15-11-5-4-6-13(16)10(11)7-12(15)9(3)14/h4-9,16H,14H2,1-3H3. The number of hydrogen-bond acceptors (Lipinski definition) is 2. The first-order valence-electron chi connectivity index (χ1n) is 5.60. The minimum Gasteiger partial charge on any atom is -0.507 e. The van der Waals surface area contributed by atoms with Gasteiger partial charge in [-0.15, -0.1) is 0 Å². The summed E-state index contributed by atoms with van der Waals surface area (Å²) in [5.74, 6) is 0.318. The summed E-state index contributed by atoms with van der Waals surface area (Å²) in [6, 6.07) is 7.87. The van der Waals surface area contributed by atoms with Gasteiger partial charge >= 0.3 is 0 Å². The molecular weight excluding hydrogens is 200 g/mol. The molecule has 2 aromatic rings. The van der Waals surface area contributed by atoms with Crippen LogP contribution in [0.3, 0.4) is 0 Å². The van der Waals surface area contributed by atoms with Crippen LogP contribution in [0.15, 0.2) is 24.3 Å². The van der Waals surface area contributed by atoms with Gasteiger partial charge in [-0.05, 0) is 39.0 Å². The zero-order valence-corrected chi connectivity index (χ0v) is 9.94. The van der Waals surface area contributed by atoms with Gasteiger partial charge < -0.3 is 15.4 Å². The zero-order chi connectivity index (χ0) is 11.9. The second-order valence-electron chi connectivity index (χ2n) is 4.53. The van der Waals surface area contributed by atoms with Gasteiger partial charge in [0.15, 0.2) is 0 Å². The minimum atomic E-state index is -0.0331. The highest BCUT2D eigenvalue weighted by atomic mass is 16.3. The minimum absolute atomic E-state index is 0.0331. The molecule has 1 atom stereocenters. The van der Waals surface area contributed by atoms with Crippen LogP contribution < -0.4 is 5.73 Å². The molecule has 0 aliphatic heterocycles. The third kappa shape index (κ3) is 1.57. The van der Waals surface area contributed by atoms with Gasteiger partial charge in [0.05, 0.1) is 5.52 Å². The van der Waals surface area contributed by atoms with Crippen LogP contribution in [0.1, 0.15) is 38.5 Å². The first-order valence-corrected chi connectivity index (χ1v) is 5.60. The van der Waals surface area contributed by atoms with Gasteiger partial charge in [0.25, 0.3) is 0 Å². The van der Waals surface area contributed by atoms with Gasteiger partial charge in [-0.25, -0.2) is 0 Å². The van der Waals surface area contributed by atoms with Crippen LogP contribution in [-0.2, 0) is 0 Å². The van der Waals surface area contributed by atoms with E-state index in [1.165, 1.54) is 0 Å². The molecule has 0 saturated carbocycles. The Kier molecular flexibility index (Phi) is 2.64. The van der Waals surface area contributed by atoms with Crippen LogP contribution >= 0.6 is 0 Å². The maximum Gasteiger partial charge on any atom is 0.124 e. The first-order chi connectivity index (χ1) is 7.52. The van der Waals surface area contributed by atoms with Crippen molar-refractivity contribution >= 4 is 10.9 Å². The molecule has 3 N–H and O–H groups in total. The molecular formula is C13H18N2O. The van der Waals surface area contributed by atoms with Crippen LogP contribution in [0.5, 0.6) is 5.75 Å². The maximum absolute atomic E-state index is 9.82. The van der Waals surface area contributed by atoms with Crippen molar-refractivity contribution in [3.05, 3.63) is 30.0 Å². The molecule has 86 valence electrons. The lowest BCUT2D eigenvalue weighted by Gasteiger charge is -2.16. The highest BCUT2D eigenvalue weighted by Crippen LogP contribution is 2.32. The lowest BCUT2D eigenvalue weighted by Crippen LogP contribution is -2.13. The largest absolute Gasteiger partial charge is 0.507 e. The van der Waals surface area contributed by atoms with Gasteiger partial charge in [-0.1, -0.05) is 6.07 Å². The number of nitrogens with two attached hydrogens (primary N) is 1. The third-order valence-corrected chi connectivity index (χ3v) is 2.87. The van der Waals surface area contributed by atoms with Crippen molar-refractivity contribution in [2.24, 2.45) is 5.73 Å². The molecule has 0 bridgehead atoms. The van der Waals surface area contributed by atoms with E-state index in [9.17, 15) is 5.11 Å². The Balaban J connectivity index is 2.81. The van der Waals surface area contributed by atoms with Crippen molar-refractivity contribution in [1.82, 2.24) is 4.57 Å². The van der Waals surface area contributed by atoms with Crippen LogP contribution in [0.4, 0.5) is 0 Å². The number of hydrogen-bond donors (Lipinski definition) is 2. The molecule has 2 rings (SSSR count). The number of phenolic OH excluding ortho intramolecular Hbond substituents is 1. The number of rotatable bonds is 2. The Morgan fingerprint density at radius 3 is 2.50 bits per heavy atom. The maximum atomic E-state index is 9.82. The fraction of sp³-hybridized carbons (Fsp3) is 0.385. The summed E-state index contributed by atoms with van der Waals surface area (Å²) in [6.07, 6.45) is 0. The normalized spacial score (nSPS) is 13.6. The molecule has 1 heterocycles. The molecule has 1 aromatic heterocycles. The first kappa shape index (κ1) is 11.0. The summed E-state index contributed by atoms with van der Waals surface area (Å²) < 4.78 is 2.18. The lowest BCUT2D eigenvalue weighted by molar-refractivity contribution is 0.481. The highest BCUT2D eigenvalue weighted by molar-refractivity contribution is 5.87. The predicted octanol–water partition coefficient (Wildman–Crippen LogP) is 2.95. The molecule has 0 amide bonds. The Hall–Kier alpha value is -1.48. The monoisotopic (exact) mass is 218 g/mol. The van der Waals surface area contributed by atoms with Crippen LogP contribution in [-0.4, -0.2) is 9.67 Å². The van der Waals surface area contributed by atoms with E-state index >= 15 is 0 Å². The second kappa shape index (κ2) is 3.83. The molecule has 0 saturated heterocycles. The summed E-state index contributed by atoms with van der Waals surface area (Å²) in [6.45, 7) is 6.20. The summed E-state index contributed by atoms with van der Waals surface area (Å²) in [7, 11) is 0. The molecule has 1 unspecified atom stereocenters. The highest BCUT2D eigenvalue weighted by Gasteiger charge is 2.15. The number of benzene rings is 1. The Morgan fingerprint density at radius 1 is 1.25 bits per heavy atom. The number of aromatic nitrogens is 1. The average Bonchev–Trinajstić information content (AvgIpc) is 2.58. The molecule has 0 fully saturated rings. The zero-order valence-electron chi connectivity index (χ0n) is 9.94. The predicted molar refractivity (Wildman–Crippen MR) is 66.6 cm³/mol. The fourth-order valence-electron chi connectivity index (χ4n) is 2.18. The summed E-state index contributed by atoms with van der Waals surface area (Å²) >= 11 is 0. The van der Waals surface area contributed by atoms with E-state index in [0.29, 0.717) is 11.8 Å². The number of fused-ring (bicyclic) bond motifs is 1. The Morgan fingerprint density at radius 2 is 1.94 bits per heavy atom. The van der Waals surface area contributed by atoms with E-state index in [1.54, 1.807) is 6.07 Å². The Bertz CT molecular complexity index is 512. The fourth-order valence-corrected chi connectivity index (χ4v) is 2.18. The van der Waals surface area contributed by atoms with Crippen molar-refractivity contribution in [2.75, 3.05) is 0 Å². The van der Waals surface area contributed by atoms with Gasteiger partial charge in [-0.2, -0.15) is 0 Å². The van der Waals surface area contributed by atoms with Crippen molar-refractivity contribution in [3.63, 3.8) is 0 Å². The van der Waals surface area contributed by atoms with E-state index in [4.69, 9.17) is 5.73 Å². The molecule has 0 spiro atoms. The topological polar surface area (TPSA) is 51.2 Å². The van der Waals surface area contributed by atoms with Crippen molar-refractivity contribution < 1.29 is 5.11 Å². The molecule has 3 nitrogen and oxygen atoms in total. The summed E-state index contributed by atoms with van der Waals surface area (Å²) in [5.41, 5.74) is 8.07. The van der Waals surface area contributed by atoms with E-state index in [1.807, 2.05) is 25.1 Å². The van der Waals surface area contributed by atoms with Gasteiger partial charge in [0.2, 0.25) is 0 Å². The summed E-state index contributed by atoms with van der Waals surface area (Å²) in [4.78, 5) is 0. The molecule has 3 heteroatoms. The van der Waals surface area contributed by atoms with Gasteiger partial charge in [0, 0.05) is 23.2 Å². The van der Waals surface area contributed by atoms with Gasteiger partial charge in [0.1, 0.15) is 5.75 Å². The van der Waals surface area contributed by atoms with E-state index < -0.39 is 0 Å². The smallest absolute Gasteiger partial charge is 0.124 e. The molecule has 0 radical (unpaired) electrons. The van der Waals surface area contributed by atoms with Crippen LogP contribution in [0, 0.1) is 0 Å². The van der Waals surface area contributed by atoms with E-state index in [0.717, 1.165) is 16.6 Å². The van der Waals surface area contributed by atoms with Crippen LogP contribution in [0.25, 0.3) is 10.9 Å². The molecule has 0 aliphatic carbocycles. The second-order valence-corrected chi connectivity index (χ2v) is 4.53. The van der Waals surface area contributed by atoms with Crippen molar-refractivity contribution in [2.45, 2.75) is 32.9 Å². The number of phenols is 1. The average molecular weight is 218 g/mol. The summed E-state index contributed by atoms with van der Waals surface area (Å²) in [5, 5.41) is 10.7. The Labute approximate surface area is 95.5 Å². The molecule has 1 aromatic carbocycles. The van der Waals surface area contributed by atoms with Crippen molar-refractivity contribution in [1.29, 1.82) is 0 Å². The quantitative estimate of drug-likeness (QED) is 0.814.